The van der Waals surface area contributed by atoms with E-state index < -0.39 is 0 Å². The number of hydrogen-bond donors (Lipinski definition) is 1. The van der Waals surface area contributed by atoms with Crippen molar-refractivity contribution in [3.05, 3.63) is 47.5 Å². The molecule has 1 fully saturated rings. The second-order valence-corrected chi connectivity index (χ2v) is 7.92. The molecule has 2 aliphatic heterocycles. The Morgan fingerprint density at radius 3 is 2.71 bits per heavy atom. The summed E-state index contributed by atoms with van der Waals surface area (Å²) in [5.41, 5.74) is 2.90. The van der Waals surface area contributed by atoms with E-state index in [0.29, 0.717) is 12.2 Å². The lowest BCUT2D eigenvalue weighted by Gasteiger charge is -2.28. The van der Waals surface area contributed by atoms with Crippen LogP contribution in [0.1, 0.15) is 55.6 Å². The van der Waals surface area contributed by atoms with Crippen molar-refractivity contribution in [1.82, 2.24) is 0 Å². The summed E-state index contributed by atoms with van der Waals surface area (Å²) in [5, 5.41) is 2.97. The predicted octanol–water partition coefficient (Wildman–Crippen LogP) is 4.85. The van der Waals surface area contributed by atoms with Gasteiger partial charge < -0.3 is 19.5 Å². The number of carbonyl (C=O) groups excluding carboxylic acids is 1. The highest BCUT2D eigenvalue weighted by Crippen LogP contribution is 2.46. The fraction of sp³-hybridized carbons (Fsp3) is 0.435. The first-order chi connectivity index (χ1) is 13.8. The van der Waals surface area contributed by atoms with Gasteiger partial charge in [0.2, 0.25) is 12.7 Å². The normalized spacial score (nSPS) is 20.3. The zero-order valence-electron chi connectivity index (χ0n) is 15.9. The fourth-order valence-corrected chi connectivity index (χ4v) is 4.36. The van der Waals surface area contributed by atoms with Crippen LogP contribution in [0.5, 0.6) is 17.2 Å². The average Bonchev–Trinajstić information content (AvgIpc) is 3.12. The fourth-order valence-electron chi connectivity index (χ4n) is 4.36. The van der Waals surface area contributed by atoms with Crippen LogP contribution in [0.4, 0.5) is 5.69 Å². The van der Waals surface area contributed by atoms with Gasteiger partial charge in [-0.25, -0.2) is 0 Å². The van der Waals surface area contributed by atoms with Gasteiger partial charge in [-0.15, -0.1) is 0 Å². The minimum Gasteiger partial charge on any atom is -0.493 e. The van der Waals surface area contributed by atoms with Crippen LogP contribution >= 0.6 is 0 Å². The third-order valence-electron chi connectivity index (χ3n) is 6.12. The van der Waals surface area contributed by atoms with E-state index in [1.807, 2.05) is 30.3 Å². The number of amides is 1. The van der Waals surface area contributed by atoms with Crippen LogP contribution in [-0.2, 0) is 4.79 Å². The lowest BCUT2D eigenvalue weighted by Crippen LogP contribution is -2.24. The summed E-state index contributed by atoms with van der Waals surface area (Å²) in [4.78, 5) is 12.4. The molecule has 1 atom stereocenters. The van der Waals surface area contributed by atoms with E-state index in [1.165, 1.54) is 25.7 Å². The molecular formula is C23H25NO4. The van der Waals surface area contributed by atoms with Gasteiger partial charge in [0.15, 0.2) is 11.5 Å². The Hall–Kier alpha value is -2.69. The van der Waals surface area contributed by atoms with E-state index in [9.17, 15) is 4.79 Å². The highest BCUT2D eigenvalue weighted by Gasteiger charge is 2.31. The van der Waals surface area contributed by atoms with Crippen molar-refractivity contribution in [3.8, 4) is 17.2 Å². The summed E-state index contributed by atoms with van der Waals surface area (Å²) < 4.78 is 17.2. The number of rotatable bonds is 6. The van der Waals surface area contributed by atoms with Gasteiger partial charge in [0, 0.05) is 29.7 Å². The number of ether oxygens (including phenoxy) is 3. The number of carbonyl (C=O) groups is 1. The molecule has 28 heavy (non-hydrogen) atoms. The molecule has 146 valence electrons. The van der Waals surface area contributed by atoms with E-state index >= 15 is 0 Å². The van der Waals surface area contributed by atoms with Gasteiger partial charge in [-0.05, 0) is 36.5 Å². The Labute approximate surface area is 165 Å². The Bertz CT molecular complexity index is 890. The van der Waals surface area contributed by atoms with Crippen molar-refractivity contribution >= 4 is 11.6 Å². The van der Waals surface area contributed by atoms with Crippen LogP contribution < -0.4 is 19.5 Å². The average molecular weight is 379 g/mol. The summed E-state index contributed by atoms with van der Waals surface area (Å²) in [6.45, 7) is 0.942. The molecule has 5 heteroatoms. The van der Waals surface area contributed by atoms with Crippen molar-refractivity contribution in [2.45, 2.75) is 44.4 Å². The number of nitrogens with one attached hydrogen (secondary N) is 1. The molecule has 2 heterocycles. The third-order valence-corrected chi connectivity index (χ3v) is 6.12. The quantitative estimate of drug-likeness (QED) is 0.729. The molecule has 2 aromatic rings. The summed E-state index contributed by atoms with van der Waals surface area (Å²) in [7, 11) is 0. The maximum atomic E-state index is 12.4. The van der Waals surface area contributed by atoms with Crippen LogP contribution in [-0.4, -0.2) is 19.3 Å². The van der Waals surface area contributed by atoms with Gasteiger partial charge in [-0.2, -0.15) is 0 Å². The molecule has 0 bridgehead atoms. The van der Waals surface area contributed by atoms with Crippen LogP contribution in [0.25, 0.3) is 0 Å². The molecule has 5 nitrogen and oxygen atoms in total. The summed E-state index contributed by atoms with van der Waals surface area (Å²) >= 11 is 0. The SMILES string of the molecule is O=C1CC(c2ccccc2OCCCC2CCC2)c2cc3c(cc2N1)OCO3. The van der Waals surface area contributed by atoms with E-state index in [4.69, 9.17) is 14.2 Å². The molecule has 3 aliphatic rings. The Kier molecular flexibility index (Phi) is 4.59. The lowest BCUT2D eigenvalue weighted by molar-refractivity contribution is -0.116. The lowest BCUT2D eigenvalue weighted by atomic mass is 9.82. The number of hydrogen-bond acceptors (Lipinski definition) is 4. The van der Waals surface area contributed by atoms with E-state index in [2.05, 4.69) is 11.4 Å². The first-order valence-corrected chi connectivity index (χ1v) is 10.2. The van der Waals surface area contributed by atoms with E-state index in [0.717, 1.165) is 47.3 Å². The minimum absolute atomic E-state index is 0.0103. The highest BCUT2D eigenvalue weighted by molar-refractivity contribution is 5.96. The van der Waals surface area contributed by atoms with Gasteiger partial charge in [-0.1, -0.05) is 37.5 Å². The molecule has 0 aromatic heterocycles. The van der Waals surface area contributed by atoms with E-state index in [-0.39, 0.29) is 18.6 Å². The zero-order chi connectivity index (χ0) is 18.9. The topological polar surface area (TPSA) is 56.8 Å². The molecule has 2 aromatic carbocycles. The second kappa shape index (κ2) is 7.38. The largest absolute Gasteiger partial charge is 0.493 e. The maximum absolute atomic E-state index is 12.4. The second-order valence-electron chi connectivity index (χ2n) is 7.92. The van der Waals surface area contributed by atoms with Crippen LogP contribution in [0.15, 0.2) is 36.4 Å². The molecule has 5 rings (SSSR count). The monoisotopic (exact) mass is 379 g/mol. The summed E-state index contributed by atoms with van der Waals surface area (Å²) in [6, 6.07) is 11.9. The minimum atomic E-state index is -0.0546. The molecule has 0 saturated heterocycles. The molecule has 0 radical (unpaired) electrons. The number of para-hydroxylation sites is 1. The molecule has 1 saturated carbocycles. The number of benzene rings is 2. The van der Waals surface area contributed by atoms with Gasteiger partial charge in [0.05, 0.1) is 6.61 Å². The van der Waals surface area contributed by atoms with Crippen molar-refractivity contribution < 1.29 is 19.0 Å². The maximum Gasteiger partial charge on any atom is 0.231 e. The van der Waals surface area contributed by atoms with Crippen LogP contribution in [0.3, 0.4) is 0 Å². The molecule has 1 unspecified atom stereocenters. The Morgan fingerprint density at radius 2 is 1.89 bits per heavy atom. The highest BCUT2D eigenvalue weighted by atomic mass is 16.7. The first-order valence-electron chi connectivity index (χ1n) is 10.2. The standard InChI is InChI=1S/C23H25NO4/c25-23-12-17(18-11-21-22(28-14-27-21)13-19(18)24-23)16-8-1-2-9-20(16)26-10-4-7-15-5-3-6-15/h1-2,8-9,11,13,15,17H,3-7,10,12,14H2,(H,24,25). The molecule has 1 amide bonds. The molecule has 1 aliphatic carbocycles. The Morgan fingerprint density at radius 1 is 1.07 bits per heavy atom. The zero-order valence-corrected chi connectivity index (χ0v) is 15.9. The van der Waals surface area contributed by atoms with Crippen LogP contribution in [0, 0.1) is 5.92 Å². The number of fused-ring (bicyclic) bond motifs is 2. The van der Waals surface area contributed by atoms with Crippen molar-refractivity contribution in [3.63, 3.8) is 0 Å². The van der Waals surface area contributed by atoms with Crippen molar-refractivity contribution in [2.24, 2.45) is 5.92 Å². The summed E-state index contributed by atoms with van der Waals surface area (Å²) in [5.74, 6) is 3.15. The first kappa shape index (κ1) is 17.4. The van der Waals surface area contributed by atoms with Crippen molar-refractivity contribution in [2.75, 3.05) is 18.7 Å². The van der Waals surface area contributed by atoms with Gasteiger partial charge >= 0.3 is 0 Å². The van der Waals surface area contributed by atoms with Crippen LogP contribution in [0.2, 0.25) is 0 Å². The summed E-state index contributed by atoms with van der Waals surface area (Å²) in [6.07, 6.45) is 6.87. The third kappa shape index (κ3) is 3.30. The van der Waals surface area contributed by atoms with Gasteiger partial charge in [0.1, 0.15) is 5.75 Å². The van der Waals surface area contributed by atoms with Gasteiger partial charge in [-0.3, -0.25) is 4.79 Å². The molecule has 1 N–H and O–H groups in total. The van der Waals surface area contributed by atoms with Crippen molar-refractivity contribution in [1.29, 1.82) is 0 Å². The molecular weight excluding hydrogens is 354 g/mol. The predicted molar refractivity (Wildman–Crippen MR) is 106 cm³/mol. The molecule has 0 spiro atoms. The number of anilines is 1. The van der Waals surface area contributed by atoms with Gasteiger partial charge in [0.25, 0.3) is 0 Å². The smallest absolute Gasteiger partial charge is 0.231 e. The Balaban J connectivity index is 1.39. The van der Waals surface area contributed by atoms with E-state index in [1.54, 1.807) is 0 Å².